The van der Waals surface area contributed by atoms with Crippen LogP contribution < -0.4 is 17.0 Å². The molecule has 0 aliphatic carbocycles. The lowest BCUT2D eigenvalue weighted by Gasteiger charge is -1.91. The molecule has 7 nitrogen and oxygen atoms in total. The lowest BCUT2D eigenvalue weighted by atomic mass is 10.8. The van der Waals surface area contributed by atoms with E-state index in [-0.39, 0.29) is 5.82 Å². The van der Waals surface area contributed by atoms with Gasteiger partial charge in [-0.1, -0.05) is 0 Å². The fourth-order valence-corrected chi connectivity index (χ4v) is 0.588. The molecule has 11 heavy (non-hydrogen) atoms. The normalized spacial score (nSPS) is 9.45. The lowest BCUT2D eigenvalue weighted by molar-refractivity contribution is 1.04. The highest BCUT2D eigenvalue weighted by atomic mass is 16.4. The Kier molecular flexibility index (Phi) is 1.55. The summed E-state index contributed by atoms with van der Waals surface area (Å²) in [5, 5.41) is 2.32. The van der Waals surface area contributed by atoms with Gasteiger partial charge in [-0.3, -0.25) is 14.8 Å². The third-order valence-electron chi connectivity index (χ3n) is 1.04. The van der Waals surface area contributed by atoms with Gasteiger partial charge in [0.05, 0.1) is 0 Å². The average Bonchev–Trinajstić information content (AvgIpc) is 1.85. The third-order valence-corrected chi connectivity index (χ3v) is 1.04. The van der Waals surface area contributed by atoms with Crippen LogP contribution in [0.4, 0.5) is 11.5 Å². The summed E-state index contributed by atoms with van der Waals surface area (Å²) >= 11 is 0. The number of aromatic nitrogens is 2. The number of H-pyrrole nitrogens is 2. The lowest BCUT2D eigenvalue weighted by Crippen LogP contribution is -2.23. The van der Waals surface area contributed by atoms with Gasteiger partial charge in [0.2, 0.25) is 5.69 Å². The van der Waals surface area contributed by atoms with Gasteiger partial charge in [-0.2, -0.15) is 0 Å². The van der Waals surface area contributed by atoms with Crippen molar-refractivity contribution < 1.29 is 0 Å². The van der Waals surface area contributed by atoms with Crippen molar-refractivity contribution >= 4 is 11.5 Å². The molecule has 0 unspecified atom stereocenters. The molecule has 0 aromatic carbocycles. The van der Waals surface area contributed by atoms with Crippen LogP contribution in [0, 0.1) is 4.91 Å². The summed E-state index contributed by atoms with van der Waals surface area (Å²) in [6, 6.07) is 0. The maximum absolute atomic E-state index is 10.6. The van der Waals surface area contributed by atoms with Gasteiger partial charge in [0.15, 0.2) is 0 Å². The van der Waals surface area contributed by atoms with Crippen molar-refractivity contribution in [2.45, 2.75) is 0 Å². The summed E-state index contributed by atoms with van der Waals surface area (Å²) in [6.07, 6.45) is 0. The molecule has 0 spiro atoms. The van der Waals surface area contributed by atoms with Gasteiger partial charge in [0.25, 0.3) is 5.56 Å². The highest BCUT2D eigenvalue weighted by Crippen LogP contribution is 2.07. The number of anilines is 1. The molecule has 0 aliphatic rings. The van der Waals surface area contributed by atoms with Crippen molar-refractivity contribution in [3.63, 3.8) is 0 Å². The molecule has 1 rings (SSSR count). The molecular weight excluding hydrogens is 154 g/mol. The van der Waals surface area contributed by atoms with E-state index in [1.807, 2.05) is 4.98 Å². The van der Waals surface area contributed by atoms with Crippen molar-refractivity contribution in [1.82, 2.24) is 9.97 Å². The minimum absolute atomic E-state index is 0.325. The predicted octanol–water partition coefficient (Wildman–Crippen LogP) is -0.957. The first-order valence-corrected chi connectivity index (χ1v) is 2.60. The second-order valence-electron chi connectivity index (χ2n) is 1.76. The molecule has 7 heteroatoms. The molecule has 58 valence electrons. The van der Waals surface area contributed by atoms with Gasteiger partial charge < -0.3 is 5.73 Å². The summed E-state index contributed by atoms with van der Waals surface area (Å²) in [4.78, 5) is 34.8. The molecule has 0 bridgehead atoms. The van der Waals surface area contributed by atoms with E-state index in [1.165, 1.54) is 0 Å². The molecular formula is C4H4N4O3. The van der Waals surface area contributed by atoms with Crippen LogP contribution in [0.2, 0.25) is 0 Å². The summed E-state index contributed by atoms with van der Waals surface area (Å²) in [5.41, 5.74) is 2.90. The number of aromatic amines is 2. The van der Waals surface area contributed by atoms with E-state index in [0.29, 0.717) is 0 Å². The Hall–Kier alpha value is -1.92. The minimum atomic E-state index is -0.888. The van der Waals surface area contributed by atoms with Crippen molar-refractivity contribution in [1.29, 1.82) is 0 Å². The molecule has 0 atom stereocenters. The van der Waals surface area contributed by atoms with E-state index in [4.69, 9.17) is 5.73 Å². The SMILES string of the molecule is Nc1[nH]c(=O)[nH]c(=O)[13c]1[15N]=O. The molecule has 0 saturated heterocycles. The molecule has 0 fully saturated rings. The van der Waals surface area contributed by atoms with Crippen LogP contribution in [0.1, 0.15) is 0 Å². The summed E-state index contributed by atoms with van der Waals surface area (Å²) < 4.78 is 0. The van der Waals surface area contributed by atoms with Crippen LogP contribution in [0.3, 0.4) is 0 Å². The second-order valence-corrected chi connectivity index (χ2v) is 1.76. The quantitative estimate of drug-likeness (QED) is 0.360. The van der Waals surface area contributed by atoms with E-state index in [9.17, 15) is 14.5 Å². The van der Waals surface area contributed by atoms with Crippen LogP contribution in [0.25, 0.3) is 0 Å². The molecule has 1 aromatic rings. The Bertz CT molecular complexity index is 389. The summed E-state index contributed by atoms with van der Waals surface area (Å²) in [6.45, 7) is 0. The molecule has 1 heterocycles. The smallest absolute Gasteiger partial charge is 0.327 e. The Labute approximate surface area is 59.2 Å². The number of nitrogen functional groups attached to an aromatic ring is 1. The molecule has 0 radical (unpaired) electrons. The topological polar surface area (TPSA) is 121 Å². The van der Waals surface area contributed by atoms with E-state index in [2.05, 4.69) is 5.18 Å². The van der Waals surface area contributed by atoms with E-state index >= 15 is 0 Å². The van der Waals surface area contributed by atoms with Crippen LogP contribution in [0.5, 0.6) is 0 Å². The van der Waals surface area contributed by atoms with Crippen LogP contribution in [-0.4, -0.2) is 9.97 Å². The van der Waals surface area contributed by atoms with Crippen LogP contribution >= 0.6 is 0 Å². The summed E-state index contributed by atoms with van der Waals surface area (Å²) in [5.74, 6) is -0.325. The van der Waals surface area contributed by atoms with Gasteiger partial charge in [-0.05, 0) is 5.18 Å². The molecule has 0 amide bonds. The van der Waals surface area contributed by atoms with Crippen molar-refractivity contribution in [2.24, 2.45) is 5.18 Å². The number of rotatable bonds is 1. The van der Waals surface area contributed by atoms with E-state index in [0.717, 1.165) is 0 Å². The Morgan fingerprint density at radius 3 is 2.36 bits per heavy atom. The summed E-state index contributed by atoms with van der Waals surface area (Å²) in [7, 11) is 0. The minimum Gasteiger partial charge on any atom is -0.383 e. The molecule has 0 saturated carbocycles. The van der Waals surface area contributed by atoms with E-state index < -0.39 is 16.9 Å². The van der Waals surface area contributed by atoms with Gasteiger partial charge in [-0.25, -0.2) is 4.79 Å². The number of nitrogens with one attached hydrogen (secondary N) is 2. The zero-order valence-corrected chi connectivity index (χ0v) is 5.25. The number of hydrogen-bond donors (Lipinski definition) is 3. The Balaban J connectivity index is 3.62. The van der Waals surface area contributed by atoms with E-state index in [1.54, 1.807) is 4.98 Å². The van der Waals surface area contributed by atoms with Gasteiger partial charge in [0.1, 0.15) is 5.82 Å². The molecule has 0 aliphatic heterocycles. The highest BCUT2D eigenvalue weighted by Gasteiger charge is 2.04. The molecule has 4 N–H and O–H groups in total. The monoisotopic (exact) mass is 158 g/mol. The zero-order valence-electron chi connectivity index (χ0n) is 5.25. The zero-order chi connectivity index (χ0) is 8.43. The fourth-order valence-electron chi connectivity index (χ4n) is 0.588. The molecule has 1 aromatic heterocycles. The van der Waals surface area contributed by atoms with Crippen molar-refractivity contribution in [3.05, 3.63) is 25.7 Å². The van der Waals surface area contributed by atoms with Crippen LogP contribution in [-0.2, 0) is 0 Å². The fraction of sp³-hybridized carbons (Fsp3) is 0. The average molecular weight is 158 g/mol. The number of nitroso groups, excluding NO2 is 1. The maximum atomic E-state index is 10.6. The maximum Gasteiger partial charge on any atom is 0.327 e. The van der Waals surface area contributed by atoms with Gasteiger partial charge in [0, 0.05) is 0 Å². The first-order valence-electron chi connectivity index (χ1n) is 2.60. The largest absolute Gasteiger partial charge is 0.383 e. The van der Waals surface area contributed by atoms with Gasteiger partial charge >= 0.3 is 5.69 Å². The van der Waals surface area contributed by atoms with Crippen molar-refractivity contribution in [3.8, 4) is 0 Å². The first kappa shape index (κ1) is 7.19. The Morgan fingerprint density at radius 1 is 1.27 bits per heavy atom. The van der Waals surface area contributed by atoms with Gasteiger partial charge in [-0.15, -0.1) is 4.91 Å². The second kappa shape index (κ2) is 2.37. The number of nitrogens with zero attached hydrogens (tertiary/aromatic N) is 1. The third kappa shape index (κ3) is 1.16. The Morgan fingerprint density at radius 2 is 1.91 bits per heavy atom. The standard InChI is InChI=1S/C4H4N4O3/c5-2-1(8-11)3(9)7-4(10)6-2/h(H4,5,6,7,9,10)/i1+1,8+1. The highest BCUT2D eigenvalue weighted by molar-refractivity contribution is 5.54. The van der Waals surface area contributed by atoms with Crippen molar-refractivity contribution in [2.75, 3.05) is 5.73 Å². The first-order chi connectivity index (χ1) is 5.15. The van der Waals surface area contributed by atoms with Crippen LogP contribution in [0.15, 0.2) is 14.8 Å². The predicted molar refractivity (Wildman–Crippen MR) is 37.6 cm³/mol. The number of hydrogen-bond acceptors (Lipinski definition) is 5. The number of nitrogens with two attached hydrogens (primary N) is 1.